The van der Waals surface area contributed by atoms with E-state index in [0.29, 0.717) is 16.8 Å². The number of hydrogen-bond donors (Lipinski definition) is 2. The van der Waals surface area contributed by atoms with Gasteiger partial charge >= 0.3 is 0 Å². The van der Waals surface area contributed by atoms with Gasteiger partial charge in [0, 0.05) is 38.8 Å². The van der Waals surface area contributed by atoms with Gasteiger partial charge < -0.3 is 16.4 Å². The van der Waals surface area contributed by atoms with Crippen LogP contribution in [0, 0.1) is 0 Å². The first kappa shape index (κ1) is 19.2. The normalized spacial score (nSPS) is 15.3. The Morgan fingerprint density at radius 3 is 2.41 bits per heavy atom. The molecule has 0 saturated carbocycles. The van der Waals surface area contributed by atoms with Crippen LogP contribution < -0.4 is 11.5 Å². The van der Waals surface area contributed by atoms with E-state index in [2.05, 4.69) is 39.2 Å². The first-order valence-corrected chi connectivity index (χ1v) is 9.83. The number of carbonyl (C=O) groups is 1. The van der Waals surface area contributed by atoms with Crippen LogP contribution in [0.3, 0.4) is 0 Å². The molecule has 0 bridgehead atoms. The summed E-state index contributed by atoms with van der Waals surface area (Å²) < 4.78 is 0. The number of hydrogen-bond acceptors (Lipinski definition) is 7. The average molecular weight is 385 g/mol. The fourth-order valence-electron chi connectivity index (χ4n) is 2.83. The number of nitrogen functional groups attached to an aromatic ring is 2. The van der Waals surface area contributed by atoms with E-state index < -0.39 is 0 Å². The van der Waals surface area contributed by atoms with Gasteiger partial charge in [0.2, 0.25) is 5.91 Å². The summed E-state index contributed by atoms with van der Waals surface area (Å²) in [6.45, 7) is 4.10. The second kappa shape index (κ2) is 9.38. The molecule has 2 heterocycles. The molecule has 8 heteroatoms. The maximum Gasteiger partial charge on any atom is 0.233 e. The van der Waals surface area contributed by atoms with Crippen LogP contribution in [0.4, 0.5) is 11.6 Å². The highest BCUT2D eigenvalue weighted by Gasteiger charge is 2.20. The van der Waals surface area contributed by atoms with Crippen LogP contribution in [0.25, 0.3) is 6.08 Å². The summed E-state index contributed by atoms with van der Waals surface area (Å²) >= 11 is 1.26. The van der Waals surface area contributed by atoms with Crippen LogP contribution in [0.2, 0.25) is 0 Å². The largest absolute Gasteiger partial charge is 0.383 e. The van der Waals surface area contributed by atoms with E-state index >= 15 is 0 Å². The second-order valence-electron chi connectivity index (χ2n) is 6.28. The highest BCUT2D eigenvalue weighted by atomic mass is 32.2. The van der Waals surface area contributed by atoms with Gasteiger partial charge in [-0.25, -0.2) is 9.97 Å². The van der Waals surface area contributed by atoms with E-state index in [1.807, 2.05) is 23.1 Å². The Morgan fingerprint density at radius 1 is 1.07 bits per heavy atom. The fourth-order valence-corrected chi connectivity index (χ4v) is 3.60. The van der Waals surface area contributed by atoms with Crippen molar-refractivity contribution in [1.29, 1.82) is 0 Å². The standard InChI is InChI=1S/C19H24N6OS/c20-16-13-17(21)23-19(22-16)27-14-18(26)25-11-9-24(10-12-25)8-4-7-15-5-2-1-3-6-15/h1-7,13H,8-12,14H2,(H4,20,21,22,23). The lowest BCUT2D eigenvalue weighted by Gasteiger charge is -2.34. The number of piperazine rings is 1. The zero-order valence-corrected chi connectivity index (χ0v) is 15.9. The molecular weight excluding hydrogens is 360 g/mol. The Morgan fingerprint density at radius 2 is 1.74 bits per heavy atom. The minimum atomic E-state index is 0.0871. The number of aromatic nitrogens is 2. The summed E-state index contributed by atoms with van der Waals surface area (Å²) in [4.78, 5) is 24.8. The highest BCUT2D eigenvalue weighted by molar-refractivity contribution is 7.99. The van der Waals surface area contributed by atoms with E-state index in [0.717, 1.165) is 32.7 Å². The Balaban J connectivity index is 1.40. The molecule has 3 rings (SSSR count). The molecule has 1 fully saturated rings. The molecule has 1 amide bonds. The van der Waals surface area contributed by atoms with Crippen LogP contribution in [0.1, 0.15) is 5.56 Å². The lowest BCUT2D eigenvalue weighted by molar-refractivity contribution is -0.130. The zero-order chi connectivity index (χ0) is 19.1. The Labute approximate surface area is 163 Å². The van der Waals surface area contributed by atoms with E-state index in [-0.39, 0.29) is 11.7 Å². The van der Waals surface area contributed by atoms with Crippen LogP contribution in [0.15, 0.2) is 47.6 Å². The predicted octanol–water partition coefficient (Wildman–Crippen LogP) is 1.59. The van der Waals surface area contributed by atoms with E-state index in [9.17, 15) is 4.79 Å². The predicted molar refractivity (Wildman–Crippen MR) is 110 cm³/mol. The van der Waals surface area contributed by atoms with Gasteiger partial charge in [0.15, 0.2) is 5.16 Å². The van der Waals surface area contributed by atoms with Crippen molar-refractivity contribution in [3.63, 3.8) is 0 Å². The molecule has 7 nitrogen and oxygen atoms in total. The number of benzene rings is 1. The number of nitrogens with zero attached hydrogens (tertiary/aromatic N) is 4. The van der Waals surface area contributed by atoms with Gasteiger partial charge in [-0.15, -0.1) is 0 Å². The van der Waals surface area contributed by atoms with Gasteiger partial charge in [-0.1, -0.05) is 54.2 Å². The topological polar surface area (TPSA) is 101 Å². The Hall–Kier alpha value is -2.58. The summed E-state index contributed by atoms with van der Waals surface area (Å²) in [6.07, 6.45) is 4.30. The summed E-state index contributed by atoms with van der Waals surface area (Å²) in [7, 11) is 0. The van der Waals surface area contributed by atoms with Gasteiger partial charge in [-0.05, 0) is 5.56 Å². The van der Waals surface area contributed by atoms with Crippen molar-refractivity contribution >= 4 is 35.4 Å². The molecular formula is C19H24N6OS. The second-order valence-corrected chi connectivity index (χ2v) is 7.23. The van der Waals surface area contributed by atoms with Crippen molar-refractivity contribution in [3.05, 3.63) is 48.0 Å². The minimum absolute atomic E-state index is 0.0871. The quantitative estimate of drug-likeness (QED) is 0.576. The highest BCUT2D eigenvalue weighted by Crippen LogP contribution is 2.17. The molecule has 1 saturated heterocycles. The third kappa shape index (κ3) is 5.97. The monoisotopic (exact) mass is 384 g/mol. The third-order valence-electron chi connectivity index (χ3n) is 4.27. The number of nitrogens with two attached hydrogens (primary N) is 2. The lowest BCUT2D eigenvalue weighted by Crippen LogP contribution is -2.49. The molecule has 0 radical (unpaired) electrons. The zero-order valence-electron chi connectivity index (χ0n) is 15.1. The molecule has 0 unspecified atom stereocenters. The van der Waals surface area contributed by atoms with E-state index in [4.69, 9.17) is 11.5 Å². The van der Waals surface area contributed by atoms with Crippen molar-refractivity contribution in [3.8, 4) is 0 Å². The molecule has 0 aliphatic carbocycles. The summed E-state index contributed by atoms with van der Waals surface area (Å²) in [5, 5.41) is 0.436. The molecule has 142 valence electrons. The number of amides is 1. The molecule has 1 aliphatic rings. The minimum Gasteiger partial charge on any atom is -0.383 e. The van der Waals surface area contributed by atoms with Crippen molar-refractivity contribution < 1.29 is 4.79 Å². The molecule has 27 heavy (non-hydrogen) atoms. The van der Waals surface area contributed by atoms with Crippen molar-refractivity contribution in [1.82, 2.24) is 19.8 Å². The van der Waals surface area contributed by atoms with Crippen LogP contribution in [-0.2, 0) is 4.79 Å². The first-order chi connectivity index (χ1) is 13.1. The maximum absolute atomic E-state index is 12.4. The molecule has 0 atom stereocenters. The van der Waals surface area contributed by atoms with Crippen molar-refractivity contribution in [2.24, 2.45) is 0 Å². The number of carbonyl (C=O) groups excluding carboxylic acids is 1. The number of rotatable bonds is 6. The smallest absolute Gasteiger partial charge is 0.233 e. The average Bonchev–Trinajstić information content (AvgIpc) is 2.67. The maximum atomic E-state index is 12.4. The van der Waals surface area contributed by atoms with Crippen LogP contribution >= 0.6 is 11.8 Å². The molecule has 1 aromatic heterocycles. The number of thioether (sulfide) groups is 1. The summed E-state index contributed by atoms with van der Waals surface area (Å²) in [5.74, 6) is 1.00. The fraction of sp³-hybridized carbons (Fsp3) is 0.316. The van der Waals surface area contributed by atoms with Crippen LogP contribution in [0.5, 0.6) is 0 Å². The summed E-state index contributed by atoms with van der Waals surface area (Å²) in [5.41, 5.74) is 12.5. The van der Waals surface area contributed by atoms with Gasteiger partial charge in [0.25, 0.3) is 0 Å². The SMILES string of the molecule is Nc1cc(N)nc(SCC(=O)N2CCN(CC=Cc3ccccc3)CC2)n1. The molecule has 1 aliphatic heterocycles. The van der Waals surface area contributed by atoms with Crippen molar-refractivity contribution in [2.75, 3.05) is 49.9 Å². The summed E-state index contributed by atoms with van der Waals surface area (Å²) in [6, 6.07) is 11.7. The number of anilines is 2. The lowest BCUT2D eigenvalue weighted by atomic mass is 10.2. The van der Waals surface area contributed by atoms with E-state index in [1.54, 1.807) is 0 Å². The Kier molecular flexibility index (Phi) is 6.67. The Bertz CT molecular complexity index is 770. The van der Waals surface area contributed by atoms with Gasteiger partial charge in [-0.2, -0.15) is 0 Å². The molecule has 2 aromatic rings. The molecule has 0 spiro atoms. The van der Waals surface area contributed by atoms with Crippen LogP contribution in [-0.4, -0.2) is 64.2 Å². The van der Waals surface area contributed by atoms with Gasteiger partial charge in [-0.3, -0.25) is 9.69 Å². The molecule has 1 aromatic carbocycles. The molecule has 4 N–H and O–H groups in total. The first-order valence-electron chi connectivity index (χ1n) is 8.85. The van der Waals surface area contributed by atoms with Gasteiger partial charge in [0.05, 0.1) is 5.75 Å². The third-order valence-corrected chi connectivity index (χ3v) is 5.10. The van der Waals surface area contributed by atoms with E-state index in [1.165, 1.54) is 23.4 Å². The van der Waals surface area contributed by atoms with Crippen molar-refractivity contribution in [2.45, 2.75) is 5.16 Å². The van der Waals surface area contributed by atoms with Gasteiger partial charge in [0.1, 0.15) is 11.6 Å².